The minimum Gasteiger partial charge on any atom is -0.507 e. The van der Waals surface area contributed by atoms with Crippen LogP contribution in [0.1, 0.15) is 135 Å². The molecule has 0 radical (unpaired) electrons. The van der Waals surface area contributed by atoms with E-state index in [2.05, 4.69) is 33.8 Å². The topological polar surface area (TPSA) is 152 Å². The molecule has 3 fully saturated rings. The summed E-state index contributed by atoms with van der Waals surface area (Å²) < 4.78 is 27.9. The largest absolute Gasteiger partial charge is 0.507 e. The van der Waals surface area contributed by atoms with Crippen LogP contribution in [-0.4, -0.2) is 79.4 Å². The molecule has 4 N–H and O–H groups in total. The lowest BCUT2D eigenvalue weighted by molar-refractivity contribution is -0.400. The number of ketones is 1. The van der Waals surface area contributed by atoms with Gasteiger partial charge in [-0.2, -0.15) is 0 Å². The van der Waals surface area contributed by atoms with Crippen LogP contribution in [0.4, 0.5) is 0 Å². The Balaban J connectivity index is 1.31. The maximum Gasteiger partial charge on any atom is 0.339 e. The quantitative estimate of drug-likeness (QED) is 0.150. The Bertz CT molecular complexity index is 1520. The van der Waals surface area contributed by atoms with E-state index in [0.29, 0.717) is 36.8 Å². The summed E-state index contributed by atoms with van der Waals surface area (Å²) in [7, 11) is 0. The maximum atomic E-state index is 14.3. The van der Waals surface area contributed by atoms with Crippen LogP contribution in [-0.2, 0) is 30.2 Å². The highest BCUT2D eigenvalue weighted by Crippen LogP contribution is 2.57. The highest BCUT2D eigenvalue weighted by molar-refractivity contribution is 5.93. The fourth-order valence-corrected chi connectivity index (χ4v) is 9.88. The van der Waals surface area contributed by atoms with E-state index < -0.39 is 58.9 Å². The van der Waals surface area contributed by atoms with Gasteiger partial charge in [0.15, 0.2) is 11.6 Å². The van der Waals surface area contributed by atoms with Crippen LogP contribution in [0.5, 0.6) is 5.75 Å². The molecular weight excluding hydrogens is 676 g/mol. The normalized spacial score (nSPS) is 38.5. The van der Waals surface area contributed by atoms with E-state index in [9.17, 15) is 30.0 Å². The standard InChI is InChI=1S/C43H66O10/c1-11-32(37(47)29(8)35(45)24(3)14-16-31-17-15-25(4)36(46)34(31)39(48)49)38-26(5)22-27(6)42(51-38)19-13-20-43(53-42)28(7)23-41(12-2,52-43)33-18-21-40(10,50-33)30(9)44/h13,15,17,19,24,26-30,32-33,35,38,44-46H,11-12,14,16,18,20-23H2,1-10H3,(H,48,49)/t24?,26-,27+,28+,29-,30+,32-,33+,35?,38-,40-,41-,42-,43+/m0/s1. The minimum absolute atomic E-state index is 0.0107. The molecule has 3 saturated heterocycles. The third-order valence-corrected chi connectivity index (χ3v) is 13.8. The van der Waals surface area contributed by atoms with Crippen molar-refractivity contribution in [3.8, 4) is 5.75 Å². The Labute approximate surface area is 316 Å². The molecule has 1 aromatic rings. The van der Waals surface area contributed by atoms with Crippen LogP contribution in [0, 0.1) is 42.4 Å². The molecule has 5 rings (SSSR count). The van der Waals surface area contributed by atoms with Crippen molar-refractivity contribution in [2.24, 2.45) is 35.5 Å². The Morgan fingerprint density at radius 3 is 2.32 bits per heavy atom. The maximum absolute atomic E-state index is 14.3. The molecule has 298 valence electrons. The average Bonchev–Trinajstić information content (AvgIpc) is 3.65. The van der Waals surface area contributed by atoms with Gasteiger partial charge in [0.1, 0.15) is 17.1 Å². The van der Waals surface area contributed by atoms with E-state index in [1.165, 1.54) is 0 Å². The lowest BCUT2D eigenvalue weighted by Gasteiger charge is -2.54. The third-order valence-electron chi connectivity index (χ3n) is 13.8. The first-order valence-electron chi connectivity index (χ1n) is 20.2. The Morgan fingerprint density at radius 2 is 1.72 bits per heavy atom. The van der Waals surface area contributed by atoms with Gasteiger partial charge in [-0.1, -0.05) is 66.7 Å². The molecule has 4 aliphatic heterocycles. The summed E-state index contributed by atoms with van der Waals surface area (Å²) >= 11 is 0. The molecule has 53 heavy (non-hydrogen) atoms. The van der Waals surface area contributed by atoms with Crippen molar-refractivity contribution in [1.29, 1.82) is 0 Å². The van der Waals surface area contributed by atoms with Gasteiger partial charge in [0.25, 0.3) is 0 Å². The summed E-state index contributed by atoms with van der Waals surface area (Å²) in [5, 5.41) is 42.1. The Kier molecular flexibility index (Phi) is 12.4. The van der Waals surface area contributed by atoms with Crippen LogP contribution in [0.25, 0.3) is 0 Å². The van der Waals surface area contributed by atoms with E-state index in [1.54, 1.807) is 32.9 Å². The molecule has 4 aliphatic rings. The highest BCUT2D eigenvalue weighted by atomic mass is 16.8. The number of phenols is 1. The molecule has 0 aromatic heterocycles. The number of aromatic hydroxyl groups is 1. The van der Waals surface area contributed by atoms with E-state index >= 15 is 0 Å². The molecule has 2 spiro atoms. The second-order valence-electron chi connectivity index (χ2n) is 17.5. The molecule has 14 atom stereocenters. The molecule has 0 saturated carbocycles. The van der Waals surface area contributed by atoms with Crippen molar-refractivity contribution in [3.05, 3.63) is 41.0 Å². The molecule has 0 amide bonds. The predicted molar refractivity (Wildman–Crippen MR) is 201 cm³/mol. The van der Waals surface area contributed by atoms with Crippen LogP contribution in [0.2, 0.25) is 0 Å². The molecule has 0 bridgehead atoms. The van der Waals surface area contributed by atoms with Gasteiger partial charge in [-0.15, -0.1) is 0 Å². The van der Waals surface area contributed by atoms with Crippen molar-refractivity contribution >= 4 is 11.8 Å². The minimum atomic E-state index is -1.19. The Morgan fingerprint density at radius 1 is 1.02 bits per heavy atom. The van der Waals surface area contributed by atoms with E-state index in [0.717, 1.165) is 32.1 Å². The Hall–Kier alpha value is -2.34. The fraction of sp³-hybridized carbons (Fsp3) is 0.767. The second kappa shape index (κ2) is 15.7. The van der Waals surface area contributed by atoms with Crippen LogP contribution in [0.15, 0.2) is 24.3 Å². The number of carbonyl (C=O) groups excluding carboxylic acids is 1. The molecule has 0 aliphatic carbocycles. The molecule has 2 unspecified atom stereocenters. The smallest absolute Gasteiger partial charge is 0.339 e. The average molecular weight is 743 g/mol. The third kappa shape index (κ3) is 7.62. The number of Topliss-reactive ketones (excluding diaryl/α,β-unsaturated/α-hetero) is 1. The summed E-state index contributed by atoms with van der Waals surface area (Å²) in [6, 6.07) is 3.40. The SMILES string of the molecule is CC[C@@H](C(=O)[C@@H](C)C(O)C(C)CCc1ccc(C)c(O)c1C(=O)O)[C@H]1O[C@]2(C=CC[C@@]3(O[C@](CC)([C@H]4CC[C@@](C)([C@@H](C)O)O4)C[C@H]3C)O2)[C@H](C)C[C@@H]1C. The number of benzene rings is 1. The molecule has 10 nitrogen and oxygen atoms in total. The van der Waals surface area contributed by atoms with Crippen LogP contribution >= 0.6 is 0 Å². The zero-order chi connectivity index (χ0) is 39.3. The van der Waals surface area contributed by atoms with Crippen molar-refractivity contribution in [1.82, 2.24) is 0 Å². The van der Waals surface area contributed by atoms with Gasteiger partial charge < -0.3 is 39.4 Å². The summed E-state index contributed by atoms with van der Waals surface area (Å²) in [4.78, 5) is 26.2. The summed E-state index contributed by atoms with van der Waals surface area (Å²) in [6.45, 7) is 19.6. The fourth-order valence-electron chi connectivity index (χ4n) is 9.88. The lowest BCUT2D eigenvalue weighted by Crippen LogP contribution is -2.60. The molecule has 1 aromatic carbocycles. The lowest BCUT2D eigenvalue weighted by atomic mass is 9.73. The monoisotopic (exact) mass is 742 g/mol. The number of hydrogen-bond donors (Lipinski definition) is 4. The number of carboxylic acids is 1. The number of aliphatic hydroxyl groups is 2. The van der Waals surface area contributed by atoms with Gasteiger partial charge in [0, 0.05) is 30.1 Å². The highest BCUT2D eigenvalue weighted by Gasteiger charge is 2.64. The summed E-state index contributed by atoms with van der Waals surface area (Å²) in [6.07, 6.45) is 7.71. The van der Waals surface area contributed by atoms with Gasteiger partial charge in [-0.05, 0) is 101 Å². The first kappa shape index (κ1) is 41.8. The van der Waals surface area contributed by atoms with E-state index in [4.69, 9.17) is 18.9 Å². The van der Waals surface area contributed by atoms with E-state index in [-0.39, 0.29) is 46.9 Å². The van der Waals surface area contributed by atoms with Gasteiger partial charge in [-0.25, -0.2) is 4.79 Å². The van der Waals surface area contributed by atoms with Crippen molar-refractivity contribution < 1.29 is 49.0 Å². The van der Waals surface area contributed by atoms with Gasteiger partial charge in [0.2, 0.25) is 0 Å². The zero-order valence-corrected chi connectivity index (χ0v) is 33.7. The number of hydrogen-bond acceptors (Lipinski definition) is 9. The van der Waals surface area contributed by atoms with Gasteiger partial charge >= 0.3 is 5.97 Å². The number of aliphatic hydroxyl groups excluding tert-OH is 2. The van der Waals surface area contributed by atoms with Crippen molar-refractivity contribution in [3.63, 3.8) is 0 Å². The summed E-state index contributed by atoms with van der Waals surface area (Å²) in [5.41, 5.74) is -0.311. The van der Waals surface area contributed by atoms with Crippen LogP contribution in [0.3, 0.4) is 0 Å². The molecule has 10 heteroatoms. The molecular formula is C43H66O10. The van der Waals surface area contributed by atoms with Crippen LogP contribution < -0.4 is 0 Å². The second-order valence-corrected chi connectivity index (χ2v) is 17.5. The number of aromatic carboxylic acids is 1. The van der Waals surface area contributed by atoms with Gasteiger partial charge in [0.05, 0.1) is 35.6 Å². The number of ether oxygens (including phenoxy) is 4. The zero-order valence-electron chi connectivity index (χ0n) is 33.7. The number of carboxylic acid groups (broad SMARTS) is 1. The number of carbonyl (C=O) groups is 2. The summed E-state index contributed by atoms with van der Waals surface area (Å²) in [5.74, 6) is -4.89. The number of rotatable bonds is 13. The van der Waals surface area contributed by atoms with Crippen molar-refractivity contribution in [2.75, 3.05) is 0 Å². The van der Waals surface area contributed by atoms with Gasteiger partial charge in [-0.3, -0.25) is 4.79 Å². The van der Waals surface area contributed by atoms with Crippen molar-refractivity contribution in [2.45, 2.75) is 174 Å². The predicted octanol–water partition coefficient (Wildman–Crippen LogP) is 7.51. The first-order valence-corrected chi connectivity index (χ1v) is 20.2. The number of aryl methyl sites for hydroxylation is 2. The molecule has 4 heterocycles. The first-order chi connectivity index (χ1) is 24.8. The van der Waals surface area contributed by atoms with E-state index in [1.807, 2.05) is 26.8 Å².